The van der Waals surface area contributed by atoms with Crippen LogP contribution in [0.5, 0.6) is 0 Å². The predicted molar refractivity (Wildman–Crippen MR) is 76.3 cm³/mol. The van der Waals surface area contributed by atoms with Crippen molar-refractivity contribution in [2.45, 2.75) is 33.1 Å². The standard InChI is InChI=1S/C14H21ClN2O2/c1-3-14(4-2,8-9-18)10-16-13(19)11-6-5-7-12(15)17-11/h5-7,18H,3-4,8-10H2,1-2H3,(H,16,19). The molecule has 0 saturated carbocycles. The number of aromatic nitrogens is 1. The molecule has 0 bridgehead atoms. The maximum Gasteiger partial charge on any atom is 0.269 e. The van der Waals surface area contributed by atoms with E-state index in [1.165, 1.54) is 0 Å². The van der Waals surface area contributed by atoms with Gasteiger partial charge in [0.15, 0.2) is 0 Å². The first kappa shape index (κ1) is 15.9. The first-order valence-electron chi connectivity index (χ1n) is 6.58. The highest BCUT2D eigenvalue weighted by molar-refractivity contribution is 6.29. The number of aliphatic hydroxyl groups excluding tert-OH is 1. The lowest BCUT2D eigenvalue weighted by atomic mass is 9.79. The summed E-state index contributed by atoms with van der Waals surface area (Å²) >= 11 is 5.76. The number of aliphatic hydroxyl groups is 1. The van der Waals surface area contributed by atoms with Gasteiger partial charge in [0.1, 0.15) is 10.8 Å². The van der Waals surface area contributed by atoms with Gasteiger partial charge in [-0.2, -0.15) is 0 Å². The molecule has 0 atom stereocenters. The van der Waals surface area contributed by atoms with Crippen LogP contribution in [0.2, 0.25) is 5.15 Å². The Morgan fingerprint density at radius 3 is 2.63 bits per heavy atom. The molecular weight excluding hydrogens is 264 g/mol. The first-order valence-corrected chi connectivity index (χ1v) is 6.96. The monoisotopic (exact) mass is 284 g/mol. The number of hydrogen-bond donors (Lipinski definition) is 2. The lowest BCUT2D eigenvalue weighted by molar-refractivity contribution is 0.0902. The Morgan fingerprint density at radius 1 is 1.42 bits per heavy atom. The van der Waals surface area contributed by atoms with Crippen molar-refractivity contribution < 1.29 is 9.90 Å². The Balaban J connectivity index is 2.66. The summed E-state index contributed by atoms with van der Waals surface area (Å²) in [5.74, 6) is -0.230. The molecule has 1 heterocycles. The van der Waals surface area contributed by atoms with E-state index in [4.69, 9.17) is 16.7 Å². The van der Waals surface area contributed by atoms with Gasteiger partial charge in [-0.3, -0.25) is 4.79 Å². The van der Waals surface area contributed by atoms with Crippen LogP contribution in [0.4, 0.5) is 0 Å². The van der Waals surface area contributed by atoms with Crippen LogP contribution in [0.15, 0.2) is 18.2 Å². The third kappa shape index (κ3) is 4.48. The van der Waals surface area contributed by atoms with Gasteiger partial charge in [0, 0.05) is 13.2 Å². The Kier molecular flexibility index (Phi) is 6.25. The quantitative estimate of drug-likeness (QED) is 0.757. The number of pyridine rings is 1. The van der Waals surface area contributed by atoms with E-state index in [0.717, 1.165) is 12.8 Å². The summed E-state index contributed by atoms with van der Waals surface area (Å²) in [4.78, 5) is 16.0. The average molecular weight is 285 g/mol. The van der Waals surface area contributed by atoms with Crippen molar-refractivity contribution in [3.05, 3.63) is 29.0 Å². The molecule has 0 spiro atoms. The highest BCUT2D eigenvalue weighted by atomic mass is 35.5. The molecule has 0 aliphatic heterocycles. The van der Waals surface area contributed by atoms with Gasteiger partial charge in [-0.15, -0.1) is 0 Å². The number of amides is 1. The number of nitrogens with one attached hydrogen (secondary N) is 1. The lowest BCUT2D eigenvalue weighted by Gasteiger charge is -2.31. The van der Waals surface area contributed by atoms with E-state index in [0.29, 0.717) is 23.8 Å². The van der Waals surface area contributed by atoms with Crippen LogP contribution in [0.1, 0.15) is 43.6 Å². The summed E-state index contributed by atoms with van der Waals surface area (Å²) in [6, 6.07) is 4.96. The summed E-state index contributed by atoms with van der Waals surface area (Å²) < 4.78 is 0. The lowest BCUT2D eigenvalue weighted by Crippen LogP contribution is -2.38. The van der Waals surface area contributed by atoms with Gasteiger partial charge in [0.2, 0.25) is 0 Å². The minimum atomic E-state index is -0.230. The van der Waals surface area contributed by atoms with Crippen LogP contribution in [0, 0.1) is 5.41 Å². The Hall–Kier alpha value is -1.13. The third-order valence-corrected chi connectivity index (χ3v) is 3.92. The van der Waals surface area contributed by atoms with Gasteiger partial charge in [-0.1, -0.05) is 31.5 Å². The molecule has 0 saturated heterocycles. The van der Waals surface area contributed by atoms with E-state index < -0.39 is 0 Å². The van der Waals surface area contributed by atoms with Crippen molar-refractivity contribution in [2.75, 3.05) is 13.2 Å². The molecule has 19 heavy (non-hydrogen) atoms. The van der Waals surface area contributed by atoms with E-state index >= 15 is 0 Å². The Morgan fingerprint density at radius 2 is 2.11 bits per heavy atom. The number of nitrogens with zero attached hydrogens (tertiary/aromatic N) is 1. The molecule has 0 unspecified atom stereocenters. The molecule has 0 aliphatic rings. The predicted octanol–water partition coefficient (Wildman–Crippen LogP) is 2.65. The van der Waals surface area contributed by atoms with E-state index in [-0.39, 0.29) is 17.9 Å². The summed E-state index contributed by atoms with van der Waals surface area (Å²) in [7, 11) is 0. The Labute approximate surface area is 119 Å². The van der Waals surface area contributed by atoms with E-state index in [1.807, 2.05) is 0 Å². The van der Waals surface area contributed by atoms with Crippen LogP contribution in [0.3, 0.4) is 0 Å². The zero-order valence-corrected chi connectivity index (χ0v) is 12.2. The summed E-state index contributed by atoms with van der Waals surface area (Å²) in [5.41, 5.74) is 0.265. The third-order valence-electron chi connectivity index (χ3n) is 3.71. The molecule has 2 N–H and O–H groups in total. The number of hydrogen-bond acceptors (Lipinski definition) is 3. The molecule has 1 aromatic rings. The van der Waals surface area contributed by atoms with Crippen molar-refractivity contribution in [3.8, 4) is 0 Å². The van der Waals surface area contributed by atoms with Gasteiger partial charge in [0.25, 0.3) is 5.91 Å². The topological polar surface area (TPSA) is 62.2 Å². The molecule has 0 aromatic carbocycles. The maximum absolute atomic E-state index is 12.0. The van der Waals surface area contributed by atoms with E-state index in [2.05, 4.69) is 24.1 Å². The summed E-state index contributed by atoms with van der Waals surface area (Å²) in [6.07, 6.45) is 2.50. The van der Waals surface area contributed by atoms with Crippen molar-refractivity contribution in [3.63, 3.8) is 0 Å². The summed E-state index contributed by atoms with van der Waals surface area (Å²) in [6.45, 7) is 4.81. The normalized spacial score (nSPS) is 11.4. The second-order valence-electron chi connectivity index (χ2n) is 4.71. The van der Waals surface area contributed by atoms with E-state index in [1.54, 1.807) is 18.2 Å². The van der Waals surface area contributed by atoms with Crippen LogP contribution in [-0.4, -0.2) is 29.1 Å². The first-order chi connectivity index (χ1) is 9.06. The summed E-state index contributed by atoms with van der Waals surface area (Å²) in [5, 5.41) is 12.3. The van der Waals surface area contributed by atoms with Crippen molar-refractivity contribution in [2.24, 2.45) is 5.41 Å². The van der Waals surface area contributed by atoms with Gasteiger partial charge in [-0.05, 0) is 36.8 Å². The van der Waals surface area contributed by atoms with Crippen LogP contribution < -0.4 is 5.32 Å². The molecule has 5 heteroatoms. The zero-order valence-electron chi connectivity index (χ0n) is 11.4. The number of halogens is 1. The molecule has 4 nitrogen and oxygen atoms in total. The fraction of sp³-hybridized carbons (Fsp3) is 0.571. The van der Waals surface area contributed by atoms with Gasteiger partial charge in [0.05, 0.1) is 0 Å². The molecule has 1 amide bonds. The average Bonchev–Trinajstić information content (AvgIpc) is 2.43. The largest absolute Gasteiger partial charge is 0.396 e. The van der Waals surface area contributed by atoms with Crippen LogP contribution >= 0.6 is 11.6 Å². The van der Waals surface area contributed by atoms with Crippen molar-refractivity contribution >= 4 is 17.5 Å². The molecule has 106 valence electrons. The van der Waals surface area contributed by atoms with Gasteiger partial charge >= 0.3 is 0 Å². The Bertz CT molecular complexity index is 420. The van der Waals surface area contributed by atoms with Gasteiger partial charge in [-0.25, -0.2) is 4.98 Å². The molecule has 0 fully saturated rings. The molecule has 1 aromatic heterocycles. The maximum atomic E-state index is 12.0. The second kappa shape index (κ2) is 7.46. The molecule has 1 rings (SSSR count). The number of carbonyl (C=O) groups is 1. The smallest absolute Gasteiger partial charge is 0.269 e. The van der Waals surface area contributed by atoms with Gasteiger partial charge < -0.3 is 10.4 Å². The van der Waals surface area contributed by atoms with Crippen molar-refractivity contribution in [1.29, 1.82) is 0 Å². The highest BCUT2D eigenvalue weighted by Crippen LogP contribution is 2.29. The molecule has 0 aliphatic carbocycles. The minimum Gasteiger partial charge on any atom is -0.396 e. The highest BCUT2D eigenvalue weighted by Gasteiger charge is 2.26. The van der Waals surface area contributed by atoms with Crippen LogP contribution in [-0.2, 0) is 0 Å². The van der Waals surface area contributed by atoms with E-state index in [9.17, 15) is 4.79 Å². The minimum absolute atomic E-state index is 0.0526. The van der Waals surface area contributed by atoms with Crippen LogP contribution in [0.25, 0.3) is 0 Å². The zero-order chi connectivity index (χ0) is 14.3. The molecule has 0 radical (unpaired) electrons. The second-order valence-corrected chi connectivity index (χ2v) is 5.10. The molecular formula is C14H21ClN2O2. The number of rotatable bonds is 7. The fourth-order valence-electron chi connectivity index (χ4n) is 2.07. The SMILES string of the molecule is CCC(CC)(CCO)CNC(=O)c1cccc(Cl)n1. The number of carbonyl (C=O) groups excluding carboxylic acids is 1. The van der Waals surface area contributed by atoms with Crippen molar-refractivity contribution in [1.82, 2.24) is 10.3 Å². The fourth-order valence-corrected chi connectivity index (χ4v) is 2.24.